The van der Waals surface area contributed by atoms with Gasteiger partial charge in [-0.25, -0.2) is 14.4 Å². The number of anilines is 1. The first kappa shape index (κ1) is 21.0. The summed E-state index contributed by atoms with van der Waals surface area (Å²) >= 11 is 1.14. The minimum atomic E-state index is -0.299. The Morgan fingerprint density at radius 2 is 1.87 bits per heavy atom. The van der Waals surface area contributed by atoms with Gasteiger partial charge in [0.15, 0.2) is 10.9 Å². The smallest absolute Gasteiger partial charge is 0.225 e. The Bertz CT molecular complexity index is 898. The van der Waals surface area contributed by atoms with Crippen LogP contribution in [0.3, 0.4) is 0 Å². The van der Waals surface area contributed by atoms with Gasteiger partial charge in [0.2, 0.25) is 5.95 Å². The summed E-state index contributed by atoms with van der Waals surface area (Å²) in [6.07, 6.45) is 7.80. The van der Waals surface area contributed by atoms with Gasteiger partial charge in [0, 0.05) is 31.4 Å². The van der Waals surface area contributed by atoms with Crippen LogP contribution in [0, 0.1) is 11.7 Å². The number of carbonyl (C=O) groups is 2. The van der Waals surface area contributed by atoms with Crippen LogP contribution in [0.15, 0.2) is 36.5 Å². The fourth-order valence-corrected chi connectivity index (χ4v) is 5.20. The van der Waals surface area contributed by atoms with E-state index in [1.54, 1.807) is 6.20 Å². The van der Waals surface area contributed by atoms with E-state index in [4.69, 9.17) is 0 Å². The van der Waals surface area contributed by atoms with Crippen molar-refractivity contribution >= 4 is 28.6 Å². The molecule has 1 aromatic carbocycles. The maximum Gasteiger partial charge on any atom is 0.225 e. The third-order valence-corrected chi connectivity index (χ3v) is 7.06. The van der Waals surface area contributed by atoms with Crippen molar-refractivity contribution in [1.82, 2.24) is 9.97 Å². The van der Waals surface area contributed by atoms with Crippen molar-refractivity contribution in [2.45, 2.75) is 50.2 Å². The monoisotopic (exact) mass is 427 g/mol. The van der Waals surface area contributed by atoms with Gasteiger partial charge in [0.25, 0.3) is 0 Å². The van der Waals surface area contributed by atoms with Gasteiger partial charge in [-0.15, -0.1) is 0 Å². The molecule has 0 aliphatic carbocycles. The van der Waals surface area contributed by atoms with E-state index in [0.29, 0.717) is 12.3 Å². The van der Waals surface area contributed by atoms with Crippen LogP contribution in [0.4, 0.5) is 10.3 Å². The molecule has 0 spiro atoms. The summed E-state index contributed by atoms with van der Waals surface area (Å²) in [5.74, 6) is 1.24. The number of hydrogen-bond donors (Lipinski definition) is 0. The van der Waals surface area contributed by atoms with Crippen LogP contribution in [0.5, 0.6) is 0 Å². The van der Waals surface area contributed by atoms with Crippen LogP contribution in [-0.2, 0) is 22.4 Å². The zero-order valence-corrected chi connectivity index (χ0v) is 17.7. The number of carbonyl (C=O) groups excluding carboxylic acids is 2. The van der Waals surface area contributed by atoms with Gasteiger partial charge in [-0.05, 0) is 61.8 Å². The van der Waals surface area contributed by atoms with E-state index in [0.717, 1.165) is 62.2 Å². The predicted molar refractivity (Wildman–Crippen MR) is 116 cm³/mol. The Morgan fingerprint density at radius 3 is 2.57 bits per heavy atom. The van der Waals surface area contributed by atoms with E-state index < -0.39 is 0 Å². The van der Waals surface area contributed by atoms with Gasteiger partial charge in [-0.1, -0.05) is 23.9 Å². The lowest BCUT2D eigenvalue weighted by Gasteiger charge is -2.32. The lowest BCUT2D eigenvalue weighted by atomic mass is 9.91. The summed E-state index contributed by atoms with van der Waals surface area (Å²) < 4.78 is 13.0. The number of aromatic nitrogens is 2. The lowest BCUT2D eigenvalue weighted by molar-refractivity contribution is -0.121. The Labute approximate surface area is 180 Å². The van der Waals surface area contributed by atoms with E-state index in [1.165, 1.54) is 24.1 Å². The largest absolute Gasteiger partial charge is 0.341 e. The maximum absolute atomic E-state index is 13.0. The molecule has 2 aliphatic rings. The highest BCUT2D eigenvalue weighted by molar-refractivity contribution is 8.15. The third-order valence-electron chi connectivity index (χ3n) is 5.93. The van der Waals surface area contributed by atoms with Crippen molar-refractivity contribution < 1.29 is 14.0 Å². The van der Waals surface area contributed by atoms with Crippen molar-refractivity contribution in [3.63, 3.8) is 0 Å². The number of ketones is 1. The van der Waals surface area contributed by atoms with Crippen LogP contribution >= 0.6 is 11.8 Å². The van der Waals surface area contributed by atoms with Crippen LogP contribution in [0.25, 0.3) is 0 Å². The predicted octanol–water partition coefficient (Wildman–Crippen LogP) is 4.00. The van der Waals surface area contributed by atoms with Crippen LogP contribution in [-0.4, -0.2) is 39.2 Å². The summed E-state index contributed by atoms with van der Waals surface area (Å²) in [5.41, 5.74) is 2.02. The second-order valence-corrected chi connectivity index (χ2v) is 9.38. The molecule has 7 heteroatoms. The molecule has 2 aliphatic heterocycles. The second kappa shape index (κ2) is 9.69. The van der Waals surface area contributed by atoms with Gasteiger partial charge in [-0.3, -0.25) is 9.59 Å². The van der Waals surface area contributed by atoms with Crippen molar-refractivity contribution in [3.05, 3.63) is 53.6 Å². The third kappa shape index (κ3) is 5.45. The van der Waals surface area contributed by atoms with E-state index in [-0.39, 0.29) is 28.4 Å². The lowest BCUT2D eigenvalue weighted by Crippen LogP contribution is -2.35. The second-order valence-electron chi connectivity index (χ2n) is 8.12. The zero-order chi connectivity index (χ0) is 20.9. The molecule has 0 N–H and O–H groups in total. The minimum Gasteiger partial charge on any atom is -0.341 e. The summed E-state index contributed by atoms with van der Waals surface area (Å²) in [6, 6.07) is 8.64. The molecule has 4 rings (SSSR count). The highest BCUT2D eigenvalue weighted by atomic mass is 32.2. The number of benzene rings is 1. The molecular weight excluding hydrogens is 401 g/mol. The average Bonchev–Trinajstić information content (AvgIpc) is 3.07. The van der Waals surface area contributed by atoms with Crippen LogP contribution in [0.2, 0.25) is 0 Å². The maximum atomic E-state index is 13.0. The highest BCUT2D eigenvalue weighted by Gasteiger charge is 2.32. The Hall–Kier alpha value is -2.28. The zero-order valence-electron chi connectivity index (χ0n) is 16.9. The molecule has 5 nitrogen and oxygen atoms in total. The molecule has 0 radical (unpaired) electrons. The number of halogens is 1. The molecule has 158 valence electrons. The van der Waals surface area contributed by atoms with E-state index >= 15 is 0 Å². The molecule has 2 aromatic rings. The molecule has 1 atom stereocenters. The molecule has 0 bridgehead atoms. The summed E-state index contributed by atoms with van der Waals surface area (Å²) in [5, 5.41) is -0.340. The van der Waals surface area contributed by atoms with Crippen molar-refractivity contribution in [2.75, 3.05) is 18.0 Å². The number of hydrogen-bond acceptors (Lipinski definition) is 6. The first-order valence-corrected chi connectivity index (χ1v) is 11.5. The summed E-state index contributed by atoms with van der Waals surface area (Å²) in [6.45, 7) is 1.86. The van der Waals surface area contributed by atoms with Crippen molar-refractivity contribution in [1.29, 1.82) is 0 Å². The van der Waals surface area contributed by atoms with Gasteiger partial charge >= 0.3 is 0 Å². The van der Waals surface area contributed by atoms with Crippen molar-refractivity contribution in [3.8, 4) is 0 Å². The molecular formula is C23H26FN3O2S. The van der Waals surface area contributed by atoms with Crippen molar-refractivity contribution in [2.24, 2.45) is 5.92 Å². The van der Waals surface area contributed by atoms with E-state index in [1.807, 2.05) is 18.2 Å². The van der Waals surface area contributed by atoms with Crippen LogP contribution < -0.4 is 4.90 Å². The number of nitrogens with zero attached hydrogens (tertiary/aromatic N) is 3. The molecule has 30 heavy (non-hydrogen) atoms. The molecule has 3 heterocycles. The molecule has 1 unspecified atom stereocenters. The number of thioether (sulfide) groups is 1. The fourth-order valence-electron chi connectivity index (χ4n) is 4.19. The summed E-state index contributed by atoms with van der Waals surface area (Å²) in [4.78, 5) is 34.7. The van der Waals surface area contributed by atoms with Gasteiger partial charge in [-0.2, -0.15) is 0 Å². The summed E-state index contributed by atoms with van der Waals surface area (Å²) in [7, 11) is 0. The number of piperidine rings is 1. The van der Waals surface area contributed by atoms with E-state index in [2.05, 4.69) is 14.9 Å². The molecule has 0 saturated carbocycles. The normalized spacial score (nSPS) is 20.2. The molecule has 1 aromatic heterocycles. The standard InChI is InChI=1S/C23H26FN3O2S/c24-18-6-4-16(5-7-18)2-1-3-17-9-12-27(13-10-17)23-25-11-8-19(26-23)14-21-20(28)15-22(29)30-21/h4-8,11,17,21H,1-3,9-10,12-15H2. The quantitative estimate of drug-likeness (QED) is 0.623. The highest BCUT2D eigenvalue weighted by Crippen LogP contribution is 2.28. The number of aryl methyl sites for hydroxylation is 1. The molecule has 0 amide bonds. The number of Topliss-reactive ketones (excluding diaryl/α,β-unsaturated/α-hetero) is 1. The Morgan fingerprint density at radius 1 is 1.10 bits per heavy atom. The Balaban J connectivity index is 1.24. The molecule has 2 fully saturated rings. The average molecular weight is 428 g/mol. The van der Waals surface area contributed by atoms with E-state index in [9.17, 15) is 14.0 Å². The minimum absolute atomic E-state index is 0.00612. The number of rotatable bonds is 7. The van der Waals surface area contributed by atoms with Gasteiger partial charge < -0.3 is 4.90 Å². The van der Waals surface area contributed by atoms with Crippen LogP contribution in [0.1, 0.15) is 43.4 Å². The Kier molecular flexibility index (Phi) is 6.77. The van der Waals surface area contributed by atoms with Gasteiger partial charge in [0.1, 0.15) is 5.82 Å². The first-order valence-electron chi connectivity index (χ1n) is 10.6. The SMILES string of the molecule is O=C1CC(=O)C(Cc2ccnc(N3CCC(CCCc4ccc(F)cc4)CC3)n2)S1. The topological polar surface area (TPSA) is 63.2 Å². The van der Waals surface area contributed by atoms with Gasteiger partial charge in [0.05, 0.1) is 11.7 Å². The fraction of sp³-hybridized carbons (Fsp3) is 0.478. The first-order chi connectivity index (χ1) is 14.6. The molecule has 2 saturated heterocycles.